The van der Waals surface area contributed by atoms with Crippen molar-refractivity contribution in [3.8, 4) is 5.75 Å². The van der Waals surface area contributed by atoms with Gasteiger partial charge in [0.1, 0.15) is 11.3 Å². The molecule has 1 rings (SSSR count). The molecule has 1 aromatic rings. The number of benzene rings is 1. The van der Waals surface area contributed by atoms with E-state index in [1.54, 1.807) is 19.1 Å². The van der Waals surface area contributed by atoms with Crippen LogP contribution in [0.3, 0.4) is 0 Å². The molecule has 7 nitrogen and oxygen atoms in total. The van der Waals surface area contributed by atoms with E-state index in [-0.39, 0.29) is 11.3 Å². The van der Waals surface area contributed by atoms with E-state index >= 15 is 0 Å². The quantitative estimate of drug-likeness (QED) is 0.403. The molecule has 0 aliphatic rings. The van der Waals surface area contributed by atoms with Gasteiger partial charge in [0, 0.05) is 6.42 Å². The van der Waals surface area contributed by atoms with Gasteiger partial charge in [-0.05, 0) is 12.1 Å². The van der Waals surface area contributed by atoms with E-state index in [0.29, 0.717) is 6.42 Å². The normalized spacial score (nSPS) is 12.8. The van der Waals surface area contributed by atoms with Crippen molar-refractivity contribution in [3.63, 3.8) is 0 Å². The Morgan fingerprint density at radius 2 is 1.81 bits per heavy atom. The summed E-state index contributed by atoms with van der Waals surface area (Å²) in [5, 5.41) is 39.5. The van der Waals surface area contributed by atoms with Gasteiger partial charge < -0.3 is 30.5 Å². The fourth-order valence-corrected chi connectivity index (χ4v) is 1.56. The number of hydrogen-bond acceptors (Lipinski definition) is 6. The highest BCUT2D eigenvalue weighted by molar-refractivity contribution is 5.97. The minimum atomic E-state index is -1.52. The van der Waals surface area contributed by atoms with Crippen molar-refractivity contribution >= 4 is 5.91 Å². The number of rotatable bonds is 8. The molecule has 0 aliphatic carbocycles. The monoisotopic (exact) mass is 299 g/mol. The Hall–Kier alpha value is -1.67. The van der Waals surface area contributed by atoms with Crippen LogP contribution in [0.2, 0.25) is 0 Å². The maximum atomic E-state index is 12.2. The molecule has 0 aromatic heterocycles. The van der Waals surface area contributed by atoms with Gasteiger partial charge in [0.15, 0.2) is 6.29 Å². The lowest BCUT2D eigenvalue weighted by Gasteiger charge is -2.29. The van der Waals surface area contributed by atoms with E-state index in [1.807, 2.05) is 0 Å². The smallest absolute Gasteiger partial charge is 0.255 e. The van der Waals surface area contributed by atoms with Crippen molar-refractivity contribution in [1.29, 1.82) is 0 Å². The third kappa shape index (κ3) is 4.40. The van der Waals surface area contributed by atoms with Crippen LogP contribution >= 0.6 is 0 Å². The molecule has 1 atom stereocenters. The van der Waals surface area contributed by atoms with Crippen LogP contribution in [-0.4, -0.2) is 58.0 Å². The van der Waals surface area contributed by atoms with E-state index in [4.69, 9.17) is 4.74 Å². The standard InChI is InChI=1S/C14H21NO6/c1-2-12(19)21-11-6-4-3-5-10(11)13(20)15-14(7-16,8-17)9-18/h3-6,12,16-19H,2,7-9H2,1H3,(H,15,20). The highest BCUT2D eigenvalue weighted by Crippen LogP contribution is 2.20. The largest absolute Gasteiger partial charge is 0.464 e. The minimum Gasteiger partial charge on any atom is -0.464 e. The number of nitrogens with one attached hydrogen (secondary N) is 1. The number of carbonyl (C=O) groups excluding carboxylic acids is 1. The number of hydrogen-bond donors (Lipinski definition) is 5. The Balaban J connectivity index is 2.97. The molecule has 0 radical (unpaired) electrons. The average Bonchev–Trinajstić information content (AvgIpc) is 2.53. The molecule has 0 fully saturated rings. The third-order valence-electron chi connectivity index (χ3n) is 3.03. The van der Waals surface area contributed by atoms with Gasteiger partial charge in [0.05, 0.1) is 25.4 Å². The summed E-state index contributed by atoms with van der Waals surface area (Å²) in [6.45, 7) is -0.132. The number of ether oxygens (including phenoxy) is 1. The van der Waals surface area contributed by atoms with Gasteiger partial charge in [-0.2, -0.15) is 0 Å². The maximum Gasteiger partial charge on any atom is 0.255 e. The summed E-state index contributed by atoms with van der Waals surface area (Å²) in [6, 6.07) is 6.25. The van der Waals surface area contributed by atoms with E-state index < -0.39 is 37.6 Å². The van der Waals surface area contributed by atoms with E-state index in [2.05, 4.69) is 5.32 Å². The van der Waals surface area contributed by atoms with Gasteiger partial charge in [0.2, 0.25) is 0 Å². The molecule has 0 saturated heterocycles. The Labute approximate surface area is 122 Å². The maximum absolute atomic E-state index is 12.2. The highest BCUT2D eigenvalue weighted by Gasteiger charge is 2.31. The van der Waals surface area contributed by atoms with Crippen molar-refractivity contribution in [2.24, 2.45) is 0 Å². The van der Waals surface area contributed by atoms with E-state index in [1.165, 1.54) is 12.1 Å². The number of carbonyl (C=O) groups is 1. The second-order valence-electron chi connectivity index (χ2n) is 4.69. The molecule has 7 heteroatoms. The summed E-state index contributed by atoms with van der Waals surface area (Å²) >= 11 is 0. The van der Waals surface area contributed by atoms with Gasteiger partial charge in [0.25, 0.3) is 5.91 Å². The summed E-state index contributed by atoms with van der Waals surface area (Å²) < 4.78 is 5.24. The van der Waals surface area contributed by atoms with Crippen LogP contribution in [0.1, 0.15) is 23.7 Å². The fraction of sp³-hybridized carbons (Fsp3) is 0.500. The Kier molecular flexibility index (Phi) is 6.57. The lowest BCUT2D eigenvalue weighted by Crippen LogP contribution is -2.57. The first-order valence-electron chi connectivity index (χ1n) is 6.60. The predicted molar refractivity (Wildman–Crippen MR) is 74.8 cm³/mol. The molecular formula is C14H21NO6. The Morgan fingerprint density at radius 3 is 2.33 bits per heavy atom. The summed E-state index contributed by atoms with van der Waals surface area (Å²) in [7, 11) is 0. The van der Waals surface area contributed by atoms with E-state index in [9.17, 15) is 25.2 Å². The summed E-state index contributed by atoms with van der Waals surface area (Å²) in [5.74, 6) is -0.460. The second-order valence-corrected chi connectivity index (χ2v) is 4.69. The molecule has 0 heterocycles. The van der Waals surface area contributed by atoms with Crippen LogP contribution in [0.5, 0.6) is 5.75 Å². The number of para-hydroxylation sites is 1. The molecule has 1 unspecified atom stereocenters. The lowest BCUT2D eigenvalue weighted by atomic mass is 10.0. The van der Waals surface area contributed by atoms with Crippen molar-refractivity contribution in [1.82, 2.24) is 5.32 Å². The highest BCUT2D eigenvalue weighted by atomic mass is 16.6. The molecule has 0 bridgehead atoms. The van der Waals surface area contributed by atoms with Crippen LogP contribution in [0, 0.1) is 0 Å². The topological polar surface area (TPSA) is 119 Å². The molecule has 0 saturated carbocycles. The van der Waals surface area contributed by atoms with Gasteiger partial charge >= 0.3 is 0 Å². The molecule has 21 heavy (non-hydrogen) atoms. The SMILES string of the molecule is CCC(O)Oc1ccccc1C(=O)NC(CO)(CO)CO. The Bertz CT molecular complexity index is 452. The first-order valence-corrected chi connectivity index (χ1v) is 6.60. The van der Waals surface area contributed by atoms with Crippen LogP contribution in [0.25, 0.3) is 0 Å². The summed E-state index contributed by atoms with van der Waals surface area (Å²) in [4.78, 5) is 12.2. The molecule has 1 amide bonds. The van der Waals surface area contributed by atoms with Crippen LogP contribution in [0.4, 0.5) is 0 Å². The first-order chi connectivity index (χ1) is 10.0. The van der Waals surface area contributed by atoms with Crippen molar-refractivity contribution in [3.05, 3.63) is 29.8 Å². The zero-order valence-corrected chi connectivity index (χ0v) is 11.8. The zero-order chi connectivity index (χ0) is 15.9. The summed E-state index contributed by atoms with van der Waals surface area (Å²) in [5.41, 5.74) is -1.39. The molecular weight excluding hydrogens is 278 g/mol. The number of amides is 1. The van der Waals surface area contributed by atoms with Crippen LogP contribution in [-0.2, 0) is 0 Å². The van der Waals surface area contributed by atoms with E-state index in [0.717, 1.165) is 0 Å². The zero-order valence-electron chi connectivity index (χ0n) is 11.8. The van der Waals surface area contributed by atoms with Crippen LogP contribution < -0.4 is 10.1 Å². The molecule has 118 valence electrons. The number of aliphatic hydroxyl groups excluding tert-OH is 4. The third-order valence-corrected chi connectivity index (χ3v) is 3.03. The molecule has 0 spiro atoms. The van der Waals surface area contributed by atoms with Gasteiger partial charge in [-0.1, -0.05) is 19.1 Å². The lowest BCUT2D eigenvalue weighted by molar-refractivity contribution is -0.0197. The molecule has 0 aliphatic heterocycles. The first kappa shape index (κ1) is 17.4. The van der Waals surface area contributed by atoms with Gasteiger partial charge in [-0.3, -0.25) is 4.79 Å². The second kappa shape index (κ2) is 7.94. The van der Waals surface area contributed by atoms with Gasteiger partial charge in [-0.25, -0.2) is 0 Å². The predicted octanol–water partition coefficient (Wildman–Crippen LogP) is -0.761. The van der Waals surface area contributed by atoms with Crippen molar-refractivity contribution in [2.45, 2.75) is 25.2 Å². The summed E-state index contributed by atoms with van der Waals surface area (Å²) in [6.07, 6.45) is -0.693. The minimum absolute atomic E-state index is 0.129. The van der Waals surface area contributed by atoms with Gasteiger partial charge in [-0.15, -0.1) is 0 Å². The molecule has 5 N–H and O–H groups in total. The van der Waals surface area contributed by atoms with Crippen molar-refractivity contribution in [2.75, 3.05) is 19.8 Å². The molecule has 1 aromatic carbocycles. The van der Waals surface area contributed by atoms with Crippen LogP contribution in [0.15, 0.2) is 24.3 Å². The fourth-order valence-electron chi connectivity index (χ4n) is 1.56. The number of aliphatic hydroxyl groups is 4. The Morgan fingerprint density at radius 1 is 1.24 bits per heavy atom. The van der Waals surface area contributed by atoms with Crippen molar-refractivity contribution < 1.29 is 30.0 Å². The average molecular weight is 299 g/mol.